The third-order valence-electron chi connectivity index (χ3n) is 3.00. The average molecular weight is 299 g/mol. The van der Waals surface area contributed by atoms with Crippen molar-refractivity contribution in [3.05, 3.63) is 23.2 Å². The van der Waals surface area contributed by atoms with Gasteiger partial charge in [-0.05, 0) is 38.0 Å². The van der Waals surface area contributed by atoms with Crippen LogP contribution in [0.4, 0.5) is 10.5 Å². The predicted octanol–water partition coefficient (Wildman–Crippen LogP) is 3.04. The van der Waals surface area contributed by atoms with E-state index in [1.165, 1.54) is 0 Å². The van der Waals surface area contributed by atoms with Crippen molar-refractivity contribution in [1.29, 1.82) is 0 Å². The normalized spacial score (nSPS) is 17.8. The molecule has 1 atom stereocenters. The van der Waals surface area contributed by atoms with E-state index in [1.807, 2.05) is 6.92 Å². The second kappa shape index (κ2) is 7.36. The average Bonchev–Trinajstić information content (AvgIpc) is 2.93. The minimum Gasteiger partial charge on any atom is -0.492 e. The highest BCUT2D eigenvalue weighted by Gasteiger charge is 2.16. The maximum absolute atomic E-state index is 11.9. The van der Waals surface area contributed by atoms with Gasteiger partial charge >= 0.3 is 6.03 Å². The first-order valence-electron chi connectivity index (χ1n) is 6.78. The van der Waals surface area contributed by atoms with Gasteiger partial charge in [0.1, 0.15) is 5.75 Å². The molecule has 1 heterocycles. The summed E-state index contributed by atoms with van der Waals surface area (Å²) < 4.78 is 10.9. The van der Waals surface area contributed by atoms with Crippen molar-refractivity contribution in [1.82, 2.24) is 5.32 Å². The van der Waals surface area contributed by atoms with E-state index in [4.69, 9.17) is 21.1 Å². The van der Waals surface area contributed by atoms with Crippen LogP contribution in [0.2, 0.25) is 5.02 Å². The number of hydrogen-bond donors (Lipinski definition) is 2. The lowest BCUT2D eigenvalue weighted by atomic mass is 10.2. The summed E-state index contributed by atoms with van der Waals surface area (Å²) in [6.45, 7) is 3.69. The Balaban J connectivity index is 1.90. The van der Waals surface area contributed by atoms with Crippen molar-refractivity contribution in [3.63, 3.8) is 0 Å². The van der Waals surface area contributed by atoms with Crippen LogP contribution < -0.4 is 15.4 Å². The molecule has 2 amide bonds. The molecule has 0 spiro atoms. The van der Waals surface area contributed by atoms with Crippen molar-refractivity contribution in [2.24, 2.45) is 0 Å². The largest absolute Gasteiger partial charge is 0.492 e. The zero-order chi connectivity index (χ0) is 14.4. The quantitative estimate of drug-likeness (QED) is 0.878. The maximum atomic E-state index is 11.9. The zero-order valence-corrected chi connectivity index (χ0v) is 12.2. The topological polar surface area (TPSA) is 59.6 Å². The fraction of sp³-hybridized carbons (Fsp3) is 0.500. The fourth-order valence-electron chi connectivity index (χ4n) is 2.06. The molecule has 1 fully saturated rings. The first kappa shape index (κ1) is 14.9. The lowest BCUT2D eigenvalue weighted by Crippen LogP contribution is -2.35. The fourth-order valence-corrected chi connectivity index (χ4v) is 2.23. The Bertz CT molecular complexity index is 462. The highest BCUT2D eigenvalue weighted by Crippen LogP contribution is 2.27. The Morgan fingerprint density at radius 1 is 1.55 bits per heavy atom. The van der Waals surface area contributed by atoms with E-state index in [1.54, 1.807) is 18.2 Å². The monoisotopic (exact) mass is 298 g/mol. The molecule has 0 radical (unpaired) electrons. The van der Waals surface area contributed by atoms with Crippen LogP contribution in [0.1, 0.15) is 19.8 Å². The maximum Gasteiger partial charge on any atom is 0.319 e. The van der Waals surface area contributed by atoms with Gasteiger partial charge < -0.3 is 20.1 Å². The number of hydrogen-bond acceptors (Lipinski definition) is 3. The van der Waals surface area contributed by atoms with Crippen molar-refractivity contribution in [2.45, 2.75) is 25.9 Å². The van der Waals surface area contributed by atoms with E-state index in [2.05, 4.69) is 10.6 Å². The molecule has 0 saturated carbocycles. The minimum absolute atomic E-state index is 0.117. The number of urea groups is 1. The van der Waals surface area contributed by atoms with Crippen LogP contribution in [0.25, 0.3) is 0 Å². The molecule has 110 valence electrons. The third kappa shape index (κ3) is 4.28. The van der Waals surface area contributed by atoms with E-state index in [-0.39, 0.29) is 12.1 Å². The molecule has 0 bridgehead atoms. The lowest BCUT2D eigenvalue weighted by molar-refractivity contribution is 0.112. The summed E-state index contributed by atoms with van der Waals surface area (Å²) >= 11 is 5.93. The van der Waals surface area contributed by atoms with Crippen LogP contribution in [0.3, 0.4) is 0 Å². The Hall–Kier alpha value is -1.46. The van der Waals surface area contributed by atoms with Crippen LogP contribution in [0.5, 0.6) is 5.75 Å². The van der Waals surface area contributed by atoms with Crippen molar-refractivity contribution in [2.75, 3.05) is 25.1 Å². The van der Waals surface area contributed by atoms with Crippen molar-refractivity contribution < 1.29 is 14.3 Å². The molecule has 1 unspecified atom stereocenters. The molecule has 1 aliphatic rings. The second-order valence-corrected chi connectivity index (χ2v) is 4.98. The van der Waals surface area contributed by atoms with Crippen LogP contribution in [-0.4, -0.2) is 31.9 Å². The molecule has 0 aromatic heterocycles. The van der Waals surface area contributed by atoms with Crippen molar-refractivity contribution in [3.8, 4) is 5.75 Å². The molecule has 1 saturated heterocycles. The summed E-state index contributed by atoms with van der Waals surface area (Å²) in [6.07, 6.45) is 2.16. The highest BCUT2D eigenvalue weighted by molar-refractivity contribution is 6.31. The lowest BCUT2D eigenvalue weighted by Gasteiger charge is -2.14. The number of carbonyl (C=O) groups is 1. The molecular weight excluding hydrogens is 280 g/mol. The number of benzene rings is 1. The molecule has 5 nitrogen and oxygen atoms in total. The van der Waals surface area contributed by atoms with Crippen LogP contribution in [0.15, 0.2) is 18.2 Å². The first-order valence-corrected chi connectivity index (χ1v) is 7.15. The number of rotatable bonds is 5. The molecule has 1 aliphatic heterocycles. The van der Waals surface area contributed by atoms with Gasteiger partial charge in [-0.2, -0.15) is 0 Å². The summed E-state index contributed by atoms with van der Waals surface area (Å²) in [5, 5.41) is 6.08. The molecule has 0 aliphatic carbocycles. The van der Waals surface area contributed by atoms with Crippen molar-refractivity contribution >= 4 is 23.3 Å². The molecule has 20 heavy (non-hydrogen) atoms. The number of nitrogens with one attached hydrogen (secondary N) is 2. The standard InChI is InChI=1S/C14H19ClN2O3/c1-2-19-13-6-5-10(15)8-12(13)17-14(18)16-9-11-4-3-7-20-11/h5-6,8,11H,2-4,7,9H2,1H3,(H2,16,17,18). The van der Waals surface area contributed by atoms with E-state index in [9.17, 15) is 4.79 Å². The summed E-state index contributed by atoms with van der Waals surface area (Å²) in [5.74, 6) is 0.601. The Morgan fingerprint density at radius 3 is 3.10 bits per heavy atom. The summed E-state index contributed by atoms with van der Waals surface area (Å²) in [7, 11) is 0. The summed E-state index contributed by atoms with van der Waals surface area (Å²) in [4.78, 5) is 11.9. The van der Waals surface area contributed by atoms with Gasteiger partial charge in [0, 0.05) is 18.2 Å². The van der Waals surface area contributed by atoms with E-state index < -0.39 is 0 Å². The highest BCUT2D eigenvalue weighted by atomic mass is 35.5. The summed E-state index contributed by atoms with van der Waals surface area (Å²) in [5.41, 5.74) is 0.559. The minimum atomic E-state index is -0.288. The molecule has 2 rings (SSSR count). The smallest absolute Gasteiger partial charge is 0.319 e. The molecule has 1 aromatic carbocycles. The second-order valence-electron chi connectivity index (χ2n) is 4.54. The van der Waals surface area contributed by atoms with Crippen LogP contribution in [-0.2, 0) is 4.74 Å². The van der Waals surface area contributed by atoms with Gasteiger partial charge in [-0.1, -0.05) is 11.6 Å². The van der Waals surface area contributed by atoms with Gasteiger partial charge in [0.2, 0.25) is 0 Å². The number of anilines is 1. The predicted molar refractivity (Wildman–Crippen MR) is 78.6 cm³/mol. The molecular formula is C14H19ClN2O3. The molecule has 2 N–H and O–H groups in total. The van der Waals surface area contributed by atoms with Crippen LogP contribution in [0, 0.1) is 0 Å². The molecule has 1 aromatic rings. The third-order valence-corrected chi connectivity index (χ3v) is 3.24. The summed E-state index contributed by atoms with van der Waals surface area (Å²) in [6, 6.07) is 4.84. The van der Waals surface area contributed by atoms with Gasteiger partial charge in [0.05, 0.1) is 18.4 Å². The first-order chi connectivity index (χ1) is 9.69. The van der Waals surface area contributed by atoms with Gasteiger partial charge in [-0.15, -0.1) is 0 Å². The van der Waals surface area contributed by atoms with Gasteiger partial charge in [-0.3, -0.25) is 0 Å². The van der Waals surface area contributed by atoms with E-state index in [0.717, 1.165) is 19.4 Å². The van der Waals surface area contributed by atoms with Gasteiger partial charge in [-0.25, -0.2) is 4.79 Å². The van der Waals surface area contributed by atoms with E-state index in [0.29, 0.717) is 29.6 Å². The number of amides is 2. The van der Waals surface area contributed by atoms with E-state index >= 15 is 0 Å². The molecule has 6 heteroatoms. The SMILES string of the molecule is CCOc1ccc(Cl)cc1NC(=O)NCC1CCCO1. The zero-order valence-electron chi connectivity index (χ0n) is 11.4. The Kier molecular flexibility index (Phi) is 5.49. The van der Waals surface area contributed by atoms with Gasteiger partial charge in [0.15, 0.2) is 0 Å². The Labute approximate surface area is 123 Å². The van der Waals surface area contributed by atoms with Crippen LogP contribution >= 0.6 is 11.6 Å². The Morgan fingerprint density at radius 2 is 2.40 bits per heavy atom. The number of ether oxygens (including phenoxy) is 2. The number of carbonyl (C=O) groups excluding carboxylic acids is 1. The number of halogens is 1. The van der Waals surface area contributed by atoms with Gasteiger partial charge in [0.25, 0.3) is 0 Å².